The molecular formula is C21H20FN3O2S2. The molecule has 0 aliphatic heterocycles. The molecule has 0 spiro atoms. The first-order valence-electron chi connectivity index (χ1n) is 8.81. The predicted octanol–water partition coefficient (Wildman–Crippen LogP) is 4.42. The van der Waals surface area contributed by atoms with Gasteiger partial charge in [-0.15, -0.1) is 0 Å². The second kappa shape index (κ2) is 9.02. The standard InChI is InChI=1S/C21H20FN3O2S2/c1-15-2-12-20(13-3-15)29(26,27)25-19-10-8-18(9-11-19)24-21(28)23-14-16-4-6-17(22)7-5-16/h2-13,25H,14H2,1H3,(H2,23,24,28). The smallest absolute Gasteiger partial charge is 0.261 e. The molecule has 0 fully saturated rings. The van der Waals surface area contributed by atoms with Gasteiger partial charge in [-0.1, -0.05) is 29.8 Å². The summed E-state index contributed by atoms with van der Waals surface area (Å²) in [4.78, 5) is 0.205. The van der Waals surface area contributed by atoms with Crippen LogP contribution in [-0.4, -0.2) is 13.5 Å². The Bertz CT molecular complexity index is 1080. The summed E-state index contributed by atoms with van der Waals surface area (Å²) in [5, 5.41) is 6.46. The number of halogens is 1. The van der Waals surface area contributed by atoms with Gasteiger partial charge in [0.1, 0.15) is 5.82 Å². The highest BCUT2D eigenvalue weighted by Gasteiger charge is 2.13. The van der Waals surface area contributed by atoms with Gasteiger partial charge >= 0.3 is 0 Å². The van der Waals surface area contributed by atoms with Gasteiger partial charge in [-0.3, -0.25) is 4.72 Å². The van der Waals surface area contributed by atoms with Gasteiger partial charge in [0, 0.05) is 17.9 Å². The minimum atomic E-state index is -3.64. The molecular weight excluding hydrogens is 409 g/mol. The minimum Gasteiger partial charge on any atom is -0.358 e. The first kappa shape index (κ1) is 20.8. The monoisotopic (exact) mass is 429 g/mol. The molecule has 0 bridgehead atoms. The highest BCUT2D eigenvalue weighted by atomic mass is 32.2. The number of thiocarbonyl (C=S) groups is 1. The van der Waals surface area contributed by atoms with Crippen LogP contribution in [0.2, 0.25) is 0 Å². The summed E-state index contributed by atoms with van der Waals surface area (Å²) in [6.45, 7) is 2.36. The van der Waals surface area contributed by atoms with Crippen molar-refractivity contribution in [3.63, 3.8) is 0 Å². The third kappa shape index (κ3) is 6.00. The highest BCUT2D eigenvalue weighted by Crippen LogP contribution is 2.19. The fraction of sp³-hybridized carbons (Fsp3) is 0.0952. The molecule has 0 saturated heterocycles. The summed E-state index contributed by atoms with van der Waals surface area (Å²) < 4.78 is 40.3. The van der Waals surface area contributed by atoms with Crippen molar-refractivity contribution >= 4 is 38.7 Å². The summed E-state index contributed by atoms with van der Waals surface area (Å²) in [6, 6.07) is 19.5. The van der Waals surface area contributed by atoms with E-state index in [0.717, 1.165) is 11.1 Å². The number of sulfonamides is 1. The average molecular weight is 430 g/mol. The van der Waals surface area contributed by atoms with Crippen LogP contribution in [0.15, 0.2) is 77.7 Å². The number of hydrogen-bond donors (Lipinski definition) is 3. The van der Waals surface area contributed by atoms with Gasteiger partial charge in [0.15, 0.2) is 5.11 Å². The normalized spacial score (nSPS) is 11.0. The van der Waals surface area contributed by atoms with E-state index in [0.29, 0.717) is 23.0 Å². The fourth-order valence-electron chi connectivity index (χ4n) is 2.51. The van der Waals surface area contributed by atoms with Gasteiger partial charge in [0.25, 0.3) is 10.0 Å². The minimum absolute atomic E-state index is 0.205. The first-order valence-corrected chi connectivity index (χ1v) is 10.7. The number of hydrogen-bond acceptors (Lipinski definition) is 3. The summed E-state index contributed by atoms with van der Waals surface area (Å²) >= 11 is 5.25. The van der Waals surface area contributed by atoms with E-state index >= 15 is 0 Å². The number of benzene rings is 3. The maximum atomic E-state index is 12.9. The lowest BCUT2D eigenvalue weighted by Gasteiger charge is -2.12. The van der Waals surface area contributed by atoms with Gasteiger partial charge < -0.3 is 10.6 Å². The molecule has 29 heavy (non-hydrogen) atoms. The Labute approximate surface area is 175 Å². The fourth-order valence-corrected chi connectivity index (χ4v) is 3.76. The van der Waals surface area contributed by atoms with E-state index in [9.17, 15) is 12.8 Å². The Hall–Kier alpha value is -2.97. The van der Waals surface area contributed by atoms with Gasteiger partial charge in [0.05, 0.1) is 4.90 Å². The van der Waals surface area contributed by atoms with Crippen molar-refractivity contribution in [2.75, 3.05) is 10.0 Å². The van der Waals surface area contributed by atoms with Gasteiger partial charge in [-0.05, 0) is 73.2 Å². The third-order valence-electron chi connectivity index (χ3n) is 4.09. The summed E-state index contributed by atoms with van der Waals surface area (Å²) in [7, 11) is -3.64. The number of nitrogens with one attached hydrogen (secondary N) is 3. The maximum absolute atomic E-state index is 12.9. The zero-order valence-corrected chi connectivity index (χ0v) is 17.3. The van der Waals surface area contributed by atoms with E-state index in [1.54, 1.807) is 60.7 Å². The van der Waals surface area contributed by atoms with E-state index in [1.807, 2.05) is 6.92 Å². The van der Waals surface area contributed by atoms with E-state index in [-0.39, 0.29) is 10.7 Å². The molecule has 0 saturated carbocycles. The Kier molecular flexibility index (Phi) is 6.46. The largest absolute Gasteiger partial charge is 0.358 e. The van der Waals surface area contributed by atoms with Gasteiger partial charge in [-0.25, -0.2) is 12.8 Å². The van der Waals surface area contributed by atoms with Crippen LogP contribution in [0.4, 0.5) is 15.8 Å². The third-order valence-corrected chi connectivity index (χ3v) is 5.74. The Morgan fingerprint density at radius 2 is 1.48 bits per heavy atom. The van der Waals surface area contributed by atoms with Crippen molar-refractivity contribution in [2.45, 2.75) is 18.4 Å². The zero-order chi connectivity index (χ0) is 20.9. The lowest BCUT2D eigenvalue weighted by molar-refractivity contribution is 0.601. The lowest BCUT2D eigenvalue weighted by atomic mass is 10.2. The molecule has 0 aliphatic carbocycles. The Morgan fingerprint density at radius 3 is 2.10 bits per heavy atom. The van der Waals surface area contributed by atoms with E-state index in [2.05, 4.69) is 15.4 Å². The molecule has 0 amide bonds. The predicted molar refractivity (Wildman–Crippen MR) is 118 cm³/mol. The number of rotatable bonds is 6. The summed E-state index contributed by atoms with van der Waals surface area (Å²) in [5.41, 5.74) is 3.04. The van der Waals surface area contributed by atoms with E-state index in [4.69, 9.17) is 12.2 Å². The molecule has 0 unspecified atom stereocenters. The molecule has 0 atom stereocenters. The van der Waals surface area contributed by atoms with Crippen LogP contribution < -0.4 is 15.4 Å². The topological polar surface area (TPSA) is 70.2 Å². The highest BCUT2D eigenvalue weighted by molar-refractivity contribution is 7.92. The number of aryl methyl sites for hydroxylation is 1. The van der Waals surface area contributed by atoms with Gasteiger partial charge in [0.2, 0.25) is 0 Å². The molecule has 3 aromatic rings. The van der Waals surface area contributed by atoms with Crippen molar-refractivity contribution in [3.05, 3.63) is 89.7 Å². The van der Waals surface area contributed by atoms with Crippen molar-refractivity contribution in [2.24, 2.45) is 0 Å². The quantitative estimate of drug-likeness (QED) is 0.506. The zero-order valence-electron chi connectivity index (χ0n) is 15.6. The molecule has 3 rings (SSSR count). The second-order valence-electron chi connectivity index (χ2n) is 6.43. The molecule has 150 valence electrons. The van der Waals surface area contributed by atoms with Crippen molar-refractivity contribution < 1.29 is 12.8 Å². The van der Waals surface area contributed by atoms with Crippen LogP contribution in [0, 0.1) is 12.7 Å². The van der Waals surface area contributed by atoms with Crippen LogP contribution in [-0.2, 0) is 16.6 Å². The molecule has 5 nitrogen and oxygen atoms in total. The van der Waals surface area contributed by atoms with E-state index in [1.165, 1.54) is 12.1 Å². The average Bonchev–Trinajstić information content (AvgIpc) is 2.69. The second-order valence-corrected chi connectivity index (χ2v) is 8.52. The Morgan fingerprint density at radius 1 is 0.897 bits per heavy atom. The van der Waals surface area contributed by atoms with Crippen molar-refractivity contribution in [3.8, 4) is 0 Å². The van der Waals surface area contributed by atoms with Crippen LogP contribution >= 0.6 is 12.2 Å². The summed E-state index contributed by atoms with van der Waals surface area (Å²) in [6.07, 6.45) is 0. The van der Waals surface area contributed by atoms with Crippen LogP contribution in [0.25, 0.3) is 0 Å². The number of anilines is 2. The summed E-state index contributed by atoms with van der Waals surface area (Å²) in [5.74, 6) is -0.285. The molecule has 0 radical (unpaired) electrons. The van der Waals surface area contributed by atoms with Crippen LogP contribution in [0.5, 0.6) is 0 Å². The van der Waals surface area contributed by atoms with E-state index < -0.39 is 10.0 Å². The van der Waals surface area contributed by atoms with Crippen LogP contribution in [0.1, 0.15) is 11.1 Å². The first-order chi connectivity index (χ1) is 13.8. The lowest BCUT2D eigenvalue weighted by Crippen LogP contribution is -2.27. The SMILES string of the molecule is Cc1ccc(S(=O)(=O)Nc2ccc(NC(=S)NCc3ccc(F)cc3)cc2)cc1. The molecule has 3 N–H and O–H groups in total. The van der Waals surface area contributed by atoms with Crippen molar-refractivity contribution in [1.29, 1.82) is 0 Å². The molecule has 0 aliphatic rings. The molecule has 0 aromatic heterocycles. The molecule has 0 heterocycles. The molecule has 3 aromatic carbocycles. The van der Waals surface area contributed by atoms with Crippen LogP contribution in [0.3, 0.4) is 0 Å². The Balaban J connectivity index is 1.56. The van der Waals surface area contributed by atoms with Gasteiger partial charge in [-0.2, -0.15) is 0 Å². The maximum Gasteiger partial charge on any atom is 0.261 e. The van der Waals surface area contributed by atoms with Crippen molar-refractivity contribution in [1.82, 2.24) is 5.32 Å². The molecule has 8 heteroatoms.